The SMILES string of the molecule is CC(C)=C(Cl)C(F)Br. The first-order chi connectivity index (χ1) is 3.55. The molecule has 0 aromatic rings. The topological polar surface area (TPSA) is 0 Å². The summed E-state index contributed by atoms with van der Waals surface area (Å²) in [6.45, 7) is 3.52. The van der Waals surface area contributed by atoms with Crippen LogP contribution in [0, 0.1) is 0 Å². The van der Waals surface area contributed by atoms with Gasteiger partial charge in [-0.25, -0.2) is 4.39 Å². The van der Waals surface area contributed by atoms with E-state index in [4.69, 9.17) is 11.6 Å². The van der Waals surface area contributed by atoms with E-state index < -0.39 is 5.08 Å². The van der Waals surface area contributed by atoms with E-state index in [1.807, 2.05) is 0 Å². The Morgan fingerprint density at radius 2 is 2.00 bits per heavy atom. The number of allylic oxidation sites excluding steroid dienone is 2. The molecule has 0 aromatic heterocycles. The highest BCUT2D eigenvalue weighted by molar-refractivity contribution is 9.09. The van der Waals surface area contributed by atoms with Gasteiger partial charge < -0.3 is 0 Å². The van der Waals surface area contributed by atoms with Crippen molar-refractivity contribution in [3.8, 4) is 0 Å². The van der Waals surface area contributed by atoms with Crippen LogP contribution < -0.4 is 0 Å². The van der Waals surface area contributed by atoms with Gasteiger partial charge in [0.2, 0.25) is 0 Å². The van der Waals surface area contributed by atoms with Gasteiger partial charge in [-0.15, -0.1) is 0 Å². The molecule has 0 aliphatic rings. The number of hydrogen-bond donors (Lipinski definition) is 0. The largest absolute Gasteiger partial charge is 0.229 e. The van der Waals surface area contributed by atoms with Gasteiger partial charge >= 0.3 is 0 Å². The summed E-state index contributed by atoms with van der Waals surface area (Å²) in [6.07, 6.45) is 0. The van der Waals surface area contributed by atoms with Crippen LogP contribution in [0.3, 0.4) is 0 Å². The van der Waals surface area contributed by atoms with Gasteiger partial charge in [-0.05, 0) is 29.8 Å². The lowest BCUT2D eigenvalue weighted by Crippen LogP contribution is -1.87. The molecule has 0 nitrogen and oxygen atoms in total. The summed E-state index contributed by atoms with van der Waals surface area (Å²) in [6, 6.07) is 0. The van der Waals surface area contributed by atoms with Crippen molar-refractivity contribution in [3.05, 3.63) is 10.6 Å². The first kappa shape index (κ1) is 8.44. The fourth-order valence-electron chi connectivity index (χ4n) is 0.218. The van der Waals surface area contributed by atoms with Crippen molar-refractivity contribution in [2.24, 2.45) is 0 Å². The summed E-state index contributed by atoms with van der Waals surface area (Å²) >= 11 is 8.09. The first-order valence-electron chi connectivity index (χ1n) is 2.16. The highest BCUT2D eigenvalue weighted by atomic mass is 79.9. The summed E-state index contributed by atoms with van der Waals surface area (Å²) < 4.78 is 12.1. The zero-order valence-corrected chi connectivity index (χ0v) is 7.05. The molecule has 0 spiro atoms. The van der Waals surface area contributed by atoms with Gasteiger partial charge in [0.15, 0.2) is 5.08 Å². The predicted octanol–water partition coefficient (Wildman–Crippen LogP) is 3.21. The van der Waals surface area contributed by atoms with Crippen molar-refractivity contribution in [1.82, 2.24) is 0 Å². The summed E-state index contributed by atoms with van der Waals surface area (Å²) in [4.78, 5) is 0. The summed E-state index contributed by atoms with van der Waals surface area (Å²) in [5, 5.41) is -0.959. The molecule has 0 aromatic carbocycles. The van der Waals surface area contributed by atoms with Crippen molar-refractivity contribution in [2.45, 2.75) is 18.9 Å². The van der Waals surface area contributed by atoms with Crippen LogP contribution >= 0.6 is 27.5 Å². The second-order valence-corrected chi connectivity index (χ2v) is 2.86. The first-order valence-corrected chi connectivity index (χ1v) is 3.46. The van der Waals surface area contributed by atoms with Gasteiger partial charge in [0.1, 0.15) is 0 Å². The normalized spacial score (nSPS) is 13.1. The Morgan fingerprint density at radius 3 is 2.00 bits per heavy atom. The molecule has 0 saturated heterocycles. The van der Waals surface area contributed by atoms with E-state index in [0.717, 1.165) is 5.57 Å². The zero-order chi connectivity index (χ0) is 6.73. The van der Waals surface area contributed by atoms with Crippen LogP contribution in [0.5, 0.6) is 0 Å². The van der Waals surface area contributed by atoms with Crippen LogP contribution in [0.4, 0.5) is 4.39 Å². The Balaban J connectivity index is 4.00. The van der Waals surface area contributed by atoms with Crippen LogP contribution in [-0.4, -0.2) is 5.08 Å². The molecule has 0 radical (unpaired) electrons. The quantitative estimate of drug-likeness (QED) is 0.572. The van der Waals surface area contributed by atoms with Crippen molar-refractivity contribution in [3.63, 3.8) is 0 Å². The Bertz CT molecular complexity index is 105. The maximum Gasteiger partial charge on any atom is 0.190 e. The van der Waals surface area contributed by atoms with Crippen molar-refractivity contribution >= 4 is 27.5 Å². The molecule has 0 saturated carbocycles. The van der Waals surface area contributed by atoms with E-state index in [0.29, 0.717) is 0 Å². The Hall–Kier alpha value is 0.440. The standard InChI is InChI=1S/C5H7BrClF/c1-3(2)4(7)5(6)8/h5H,1-2H3. The molecule has 3 heteroatoms. The maximum atomic E-state index is 12.1. The third kappa shape index (κ3) is 2.68. The smallest absolute Gasteiger partial charge is 0.190 e. The third-order valence-electron chi connectivity index (χ3n) is 0.669. The van der Waals surface area contributed by atoms with Gasteiger partial charge in [-0.3, -0.25) is 0 Å². The van der Waals surface area contributed by atoms with Gasteiger partial charge in [-0.2, -0.15) is 0 Å². The van der Waals surface area contributed by atoms with Crippen molar-refractivity contribution in [2.75, 3.05) is 0 Å². The van der Waals surface area contributed by atoms with Gasteiger partial charge in [0, 0.05) is 0 Å². The molecule has 0 bridgehead atoms. The lowest BCUT2D eigenvalue weighted by Gasteiger charge is -1.97. The predicted molar refractivity (Wildman–Crippen MR) is 38.1 cm³/mol. The minimum absolute atomic E-state index is 0.241. The number of alkyl halides is 2. The fourth-order valence-corrected chi connectivity index (χ4v) is 0.676. The molecule has 48 valence electrons. The maximum absolute atomic E-state index is 12.1. The van der Waals surface area contributed by atoms with Crippen molar-refractivity contribution < 1.29 is 4.39 Å². The molecule has 1 unspecified atom stereocenters. The molecule has 0 N–H and O–H groups in total. The van der Waals surface area contributed by atoms with Crippen LogP contribution in [0.1, 0.15) is 13.8 Å². The monoisotopic (exact) mass is 200 g/mol. The van der Waals surface area contributed by atoms with E-state index >= 15 is 0 Å². The molecule has 0 amide bonds. The second-order valence-electron chi connectivity index (χ2n) is 1.65. The lowest BCUT2D eigenvalue weighted by atomic mass is 10.3. The highest BCUT2D eigenvalue weighted by Gasteiger charge is 2.05. The van der Waals surface area contributed by atoms with Crippen molar-refractivity contribution in [1.29, 1.82) is 0 Å². The fraction of sp³-hybridized carbons (Fsp3) is 0.600. The zero-order valence-electron chi connectivity index (χ0n) is 4.71. The minimum atomic E-state index is -1.20. The molecule has 0 aliphatic carbocycles. The molecule has 1 atom stereocenters. The lowest BCUT2D eigenvalue weighted by molar-refractivity contribution is 0.520. The van der Waals surface area contributed by atoms with E-state index in [1.54, 1.807) is 13.8 Å². The average molecular weight is 201 g/mol. The van der Waals surface area contributed by atoms with Crippen LogP contribution in [0.15, 0.2) is 10.6 Å². The number of halogens is 3. The Kier molecular flexibility index (Phi) is 3.65. The highest BCUT2D eigenvalue weighted by Crippen LogP contribution is 2.20. The molecule has 0 aliphatic heterocycles. The molecular formula is C5H7BrClF. The van der Waals surface area contributed by atoms with Gasteiger partial charge in [-0.1, -0.05) is 17.2 Å². The van der Waals surface area contributed by atoms with E-state index in [-0.39, 0.29) is 5.03 Å². The summed E-state index contributed by atoms with van der Waals surface area (Å²) in [7, 11) is 0. The molecule has 0 fully saturated rings. The third-order valence-corrected chi connectivity index (χ3v) is 1.96. The van der Waals surface area contributed by atoms with Crippen LogP contribution in [0.25, 0.3) is 0 Å². The molecule has 8 heavy (non-hydrogen) atoms. The van der Waals surface area contributed by atoms with E-state index in [2.05, 4.69) is 15.9 Å². The number of hydrogen-bond acceptors (Lipinski definition) is 0. The summed E-state index contributed by atoms with van der Waals surface area (Å²) in [5.74, 6) is 0. The molecular weight excluding hydrogens is 194 g/mol. The molecule has 0 rings (SSSR count). The van der Waals surface area contributed by atoms with Gasteiger partial charge in [0.05, 0.1) is 5.03 Å². The molecule has 0 heterocycles. The Morgan fingerprint density at radius 1 is 1.62 bits per heavy atom. The van der Waals surface area contributed by atoms with Gasteiger partial charge in [0.25, 0.3) is 0 Å². The Labute approximate surface area is 61.8 Å². The average Bonchev–Trinajstić information content (AvgIpc) is 1.64. The number of rotatable bonds is 1. The van der Waals surface area contributed by atoms with E-state index in [9.17, 15) is 4.39 Å². The summed E-state index contributed by atoms with van der Waals surface area (Å²) in [5.41, 5.74) is 0.802. The minimum Gasteiger partial charge on any atom is -0.229 e. The van der Waals surface area contributed by atoms with E-state index in [1.165, 1.54) is 0 Å². The second kappa shape index (κ2) is 3.46. The van der Waals surface area contributed by atoms with Crippen LogP contribution in [0.2, 0.25) is 0 Å². The van der Waals surface area contributed by atoms with Crippen LogP contribution in [-0.2, 0) is 0 Å².